The van der Waals surface area contributed by atoms with Gasteiger partial charge in [0.05, 0.1) is 0 Å². The molecule has 1 aliphatic rings. The Labute approximate surface area is 87.5 Å². The summed E-state index contributed by atoms with van der Waals surface area (Å²) in [5.74, 6) is 0. The van der Waals surface area contributed by atoms with Crippen molar-refractivity contribution in [1.82, 2.24) is 0 Å². The largest absolute Gasteiger partial charge is 0.324 e. The molecular weight excluding hydrogens is 226 g/mol. The van der Waals surface area contributed by atoms with E-state index in [0.717, 1.165) is 6.42 Å². The van der Waals surface area contributed by atoms with E-state index in [2.05, 4.69) is 35.0 Å². The zero-order chi connectivity index (χ0) is 9.42. The van der Waals surface area contributed by atoms with Gasteiger partial charge in [0.25, 0.3) is 0 Å². The summed E-state index contributed by atoms with van der Waals surface area (Å²) in [6.45, 7) is 2.12. The van der Waals surface area contributed by atoms with E-state index in [-0.39, 0.29) is 6.04 Å². The van der Waals surface area contributed by atoms with Crippen LogP contribution in [0.15, 0.2) is 16.6 Å². The van der Waals surface area contributed by atoms with Gasteiger partial charge in [-0.1, -0.05) is 22.0 Å². The molecule has 0 saturated heterocycles. The first-order valence-electron chi connectivity index (χ1n) is 4.73. The van der Waals surface area contributed by atoms with Gasteiger partial charge in [-0.25, -0.2) is 0 Å². The maximum Gasteiger partial charge on any atom is 0.0298 e. The standard InChI is InChI=1S/C11H14BrN/c1-7-5-9-8(10(12)6-7)3-2-4-11(9)13/h5-6,11H,2-4,13H2,1H3/t11-/m0/s1. The molecule has 0 radical (unpaired) electrons. The van der Waals surface area contributed by atoms with Gasteiger partial charge >= 0.3 is 0 Å². The Morgan fingerprint density at radius 1 is 1.46 bits per heavy atom. The molecule has 0 aromatic heterocycles. The minimum Gasteiger partial charge on any atom is -0.324 e. The highest BCUT2D eigenvalue weighted by molar-refractivity contribution is 9.10. The molecule has 1 nitrogen and oxygen atoms in total. The Hall–Kier alpha value is -0.340. The molecule has 0 amide bonds. The number of aryl methyl sites for hydroxylation is 1. The van der Waals surface area contributed by atoms with Crippen LogP contribution in [0.2, 0.25) is 0 Å². The maximum absolute atomic E-state index is 6.06. The van der Waals surface area contributed by atoms with Crippen LogP contribution >= 0.6 is 15.9 Å². The van der Waals surface area contributed by atoms with Gasteiger partial charge in [0, 0.05) is 10.5 Å². The van der Waals surface area contributed by atoms with Crippen molar-refractivity contribution in [3.8, 4) is 0 Å². The van der Waals surface area contributed by atoms with Gasteiger partial charge in [0.2, 0.25) is 0 Å². The van der Waals surface area contributed by atoms with Gasteiger partial charge in [-0.15, -0.1) is 0 Å². The van der Waals surface area contributed by atoms with Crippen LogP contribution in [0.3, 0.4) is 0 Å². The van der Waals surface area contributed by atoms with Crippen molar-refractivity contribution in [1.29, 1.82) is 0 Å². The van der Waals surface area contributed by atoms with Crippen LogP contribution in [0.1, 0.15) is 35.6 Å². The summed E-state index contributed by atoms with van der Waals surface area (Å²) in [5.41, 5.74) is 10.1. The van der Waals surface area contributed by atoms with Crippen LogP contribution in [-0.2, 0) is 6.42 Å². The van der Waals surface area contributed by atoms with Crippen molar-refractivity contribution in [3.05, 3.63) is 33.3 Å². The minimum atomic E-state index is 0.250. The fourth-order valence-corrected chi connectivity index (χ4v) is 2.84. The number of hydrogen-bond donors (Lipinski definition) is 1. The van der Waals surface area contributed by atoms with Crippen LogP contribution in [0.4, 0.5) is 0 Å². The van der Waals surface area contributed by atoms with Gasteiger partial charge in [-0.05, 0) is 48.9 Å². The number of benzene rings is 1. The number of fused-ring (bicyclic) bond motifs is 1. The van der Waals surface area contributed by atoms with Crippen molar-refractivity contribution < 1.29 is 0 Å². The zero-order valence-electron chi connectivity index (χ0n) is 7.81. The monoisotopic (exact) mass is 239 g/mol. The summed E-state index contributed by atoms with van der Waals surface area (Å²) >= 11 is 3.60. The predicted molar refractivity (Wildman–Crippen MR) is 58.7 cm³/mol. The fourth-order valence-electron chi connectivity index (χ4n) is 2.05. The van der Waals surface area contributed by atoms with Gasteiger partial charge < -0.3 is 5.73 Å². The topological polar surface area (TPSA) is 26.0 Å². The van der Waals surface area contributed by atoms with Crippen LogP contribution in [-0.4, -0.2) is 0 Å². The van der Waals surface area contributed by atoms with Crippen molar-refractivity contribution in [3.63, 3.8) is 0 Å². The van der Waals surface area contributed by atoms with E-state index in [1.165, 1.54) is 34.0 Å². The zero-order valence-corrected chi connectivity index (χ0v) is 9.39. The SMILES string of the molecule is Cc1cc(Br)c2c(c1)[C@@H](N)CCC2. The van der Waals surface area contributed by atoms with E-state index < -0.39 is 0 Å². The van der Waals surface area contributed by atoms with Gasteiger partial charge in [0.1, 0.15) is 0 Å². The minimum absolute atomic E-state index is 0.250. The average Bonchev–Trinajstić information content (AvgIpc) is 2.07. The van der Waals surface area contributed by atoms with E-state index in [0.29, 0.717) is 0 Å². The number of hydrogen-bond acceptors (Lipinski definition) is 1. The maximum atomic E-state index is 6.06. The molecule has 0 bridgehead atoms. The molecular formula is C11H14BrN. The number of rotatable bonds is 0. The lowest BCUT2D eigenvalue weighted by molar-refractivity contribution is 0.568. The van der Waals surface area contributed by atoms with E-state index in [1.54, 1.807) is 0 Å². The third-order valence-electron chi connectivity index (χ3n) is 2.72. The normalized spacial score (nSPS) is 21.3. The van der Waals surface area contributed by atoms with Crippen molar-refractivity contribution in [2.24, 2.45) is 5.73 Å². The molecule has 1 atom stereocenters. The Kier molecular flexibility index (Phi) is 2.43. The van der Waals surface area contributed by atoms with Crippen molar-refractivity contribution in [2.45, 2.75) is 32.2 Å². The van der Waals surface area contributed by atoms with Gasteiger partial charge in [0.15, 0.2) is 0 Å². The molecule has 1 aliphatic carbocycles. The summed E-state index contributed by atoms with van der Waals surface area (Å²) in [4.78, 5) is 0. The van der Waals surface area contributed by atoms with Crippen LogP contribution < -0.4 is 5.73 Å². The molecule has 2 N–H and O–H groups in total. The summed E-state index contributed by atoms with van der Waals surface area (Å²) in [6, 6.07) is 4.65. The third kappa shape index (κ3) is 1.65. The van der Waals surface area contributed by atoms with Gasteiger partial charge in [-0.3, -0.25) is 0 Å². The second-order valence-corrected chi connectivity index (χ2v) is 4.67. The Morgan fingerprint density at radius 2 is 2.23 bits per heavy atom. The Bertz CT molecular complexity index is 333. The quantitative estimate of drug-likeness (QED) is 0.740. The Morgan fingerprint density at radius 3 is 3.00 bits per heavy atom. The molecule has 2 rings (SSSR count). The van der Waals surface area contributed by atoms with Crippen molar-refractivity contribution in [2.75, 3.05) is 0 Å². The molecule has 0 aliphatic heterocycles. The highest BCUT2D eigenvalue weighted by Crippen LogP contribution is 2.33. The molecule has 0 heterocycles. The molecule has 1 aromatic rings. The second kappa shape index (κ2) is 3.43. The molecule has 70 valence electrons. The summed E-state index contributed by atoms with van der Waals surface area (Å²) in [6.07, 6.45) is 3.52. The Balaban J connectivity index is 2.56. The lowest BCUT2D eigenvalue weighted by Crippen LogP contribution is -2.17. The van der Waals surface area contributed by atoms with E-state index >= 15 is 0 Å². The van der Waals surface area contributed by atoms with E-state index in [9.17, 15) is 0 Å². The molecule has 0 fully saturated rings. The van der Waals surface area contributed by atoms with Crippen LogP contribution in [0.5, 0.6) is 0 Å². The lowest BCUT2D eigenvalue weighted by Gasteiger charge is -2.23. The molecule has 2 heteroatoms. The van der Waals surface area contributed by atoms with Crippen LogP contribution in [0, 0.1) is 6.92 Å². The number of halogens is 1. The first kappa shape index (κ1) is 9.22. The average molecular weight is 240 g/mol. The first-order valence-corrected chi connectivity index (χ1v) is 5.52. The van der Waals surface area contributed by atoms with Gasteiger partial charge in [-0.2, -0.15) is 0 Å². The lowest BCUT2D eigenvalue weighted by atomic mass is 9.87. The fraction of sp³-hybridized carbons (Fsp3) is 0.455. The third-order valence-corrected chi connectivity index (χ3v) is 3.42. The predicted octanol–water partition coefficient (Wildman–Crippen LogP) is 3.09. The summed E-state index contributed by atoms with van der Waals surface area (Å²) < 4.78 is 1.23. The summed E-state index contributed by atoms with van der Waals surface area (Å²) in [5, 5.41) is 0. The highest BCUT2D eigenvalue weighted by Gasteiger charge is 2.18. The molecule has 0 saturated carbocycles. The molecule has 0 spiro atoms. The van der Waals surface area contributed by atoms with Crippen LogP contribution in [0.25, 0.3) is 0 Å². The highest BCUT2D eigenvalue weighted by atomic mass is 79.9. The molecule has 13 heavy (non-hydrogen) atoms. The summed E-state index contributed by atoms with van der Waals surface area (Å²) in [7, 11) is 0. The number of nitrogens with two attached hydrogens (primary N) is 1. The van der Waals surface area contributed by atoms with Crippen molar-refractivity contribution >= 4 is 15.9 Å². The van der Waals surface area contributed by atoms with E-state index in [1.807, 2.05) is 0 Å². The molecule has 1 aromatic carbocycles. The first-order chi connectivity index (χ1) is 6.18. The second-order valence-electron chi connectivity index (χ2n) is 3.81. The molecule has 0 unspecified atom stereocenters. The smallest absolute Gasteiger partial charge is 0.0298 e. The van der Waals surface area contributed by atoms with E-state index in [4.69, 9.17) is 5.73 Å².